The summed E-state index contributed by atoms with van der Waals surface area (Å²) in [7, 11) is 1.80. The number of anilines is 1. The van der Waals surface area contributed by atoms with E-state index in [-0.39, 0.29) is 5.82 Å². The van der Waals surface area contributed by atoms with Crippen LogP contribution in [0.4, 0.5) is 10.2 Å². The summed E-state index contributed by atoms with van der Waals surface area (Å²) >= 11 is 3.18. The minimum Gasteiger partial charge on any atom is -0.469 e. The van der Waals surface area contributed by atoms with Crippen LogP contribution >= 0.6 is 15.9 Å². The number of rotatable bonds is 3. The third-order valence-electron chi connectivity index (χ3n) is 2.52. The molecular weight excluding hydrogens is 287 g/mol. The van der Waals surface area contributed by atoms with E-state index in [2.05, 4.69) is 20.9 Å². The van der Waals surface area contributed by atoms with Gasteiger partial charge in [0.05, 0.1) is 6.26 Å². The summed E-state index contributed by atoms with van der Waals surface area (Å²) in [5, 5.41) is 0. The summed E-state index contributed by atoms with van der Waals surface area (Å²) in [5.41, 5.74) is 1.02. The molecule has 0 aromatic carbocycles. The molecule has 0 atom stereocenters. The lowest BCUT2D eigenvalue weighted by atomic mass is 10.2. The van der Waals surface area contributed by atoms with E-state index < -0.39 is 0 Å². The lowest BCUT2D eigenvalue weighted by molar-refractivity contribution is 0.529. The second kappa shape index (κ2) is 4.87. The van der Waals surface area contributed by atoms with E-state index in [1.807, 2.05) is 13.0 Å². The first-order chi connectivity index (χ1) is 8.08. The van der Waals surface area contributed by atoms with Gasteiger partial charge in [0.2, 0.25) is 0 Å². The van der Waals surface area contributed by atoms with Crippen molar-refractivity contribution in [2.75, 3.05) is 11.9 Å². The zero-order valence-electron chi connectivity index (χ0n) is 9.58. The SMILES string of the molecule is Cc1occc1CN(C)c1ncc(Br)cc1F. The summed E-state index contributed by atoms with van der Waals surface area (Å²) in [4.78, 5) is 5.81. The largest absolute Gasteiger partial charge is 0.469 e. The Morgan fingerprint density at radius 2 is 2.29 bits per heavy atom. The first kappa shape index (κ1) is 12.1. The maximum Gasteiger partial charge on any atom is 0.166 e. The van der Waals surface area contributed by atoms with E-state index in [4.69, 9.17) is 4.42 Å². The number of hydrogen-bond donors (Lipinski definition) is 0. The molecule has 0 spiro atoms. The van der Waals surface area contributed by atoms with Crippen molar-refractivity contribution < 1.29 is 8.81 Å². The van der Waals surface area contributed by atoms with Crippen LogP contribution in [-0.4, -0.2) is 12.0 Å². The van der Waals surface area contributed by atoms with Crippen LogP contribution in [0.1, 0.15) is 11.3 Å². The molecule has 0 saturated carbocycles. The molecule has 0 aliphatic heterocycles. The molecule has 0 saturated heterocycles. The Labute approximate surface area is 107 Å². The lowest BCUT2D eigenvalue weighted by Gasteiger charge is -2.18. The smallest absolute Gasteiger partial charge is 0.166 e. The summed E-state index contributed by atoms with van der Waals surface area (Å²) in [6, 6.07) is 3.28. The van der Waals surface area contributed by atoms with Crippen LogP contribution in [0.25, 0.3) is 0 Å². The molecule has 0 amide bonds. The molecule has 2 rings (SSSR count). The van der Waals surface area contributed by atoms with Crippen molar-refractivity contribution in [3.63, 3.8) is 0 Å². The lowest BCUT2D eigenvalue weighted by Crippen LogP contribution is -2.19. The quantitative estimate of drug-likeness (QED) is 0.868. The van der Waals surface area contributed by atoms with E-state index >= 15 is 0 Å². The first-order valence-corrected chi connectivity index (χ1v) is 5.92. The predicted octanol–water partition coefficient (Wildman–Crippen LogP) is 3.52. The molecule has 0 fully saturated rings. The Bertz CT molecular complexity index is 527. The van der Waals surface area contributed by atoms with Crippen LogP contribution < -0.4 is 4.90 Å². The summed E-state index contributed by atoms with van der Waals surface area (Å²) in [6.07, 6.45) is 3.21. The van der Waals surface area contributed by atoms with Crippen molar-refractivity contribution in [2.45, 2.75) is 13.5 Å². The fraction of sp³-hybridized carbons (Fsp3) is 0.250. The van der Waals surface area contributed by atoms with Gasteiger partial charge in [0.25, 0.3) is 0 Å². The summed E-state index contributed by atoms with van der Waals surface area (Å²) in [6.45, 7) is 2.45. The van der Waals surface area contributed by atoms with Crippen LogP contribution in [0.2, 0.25) is 0 Å². The Kier molecular flexibility index (Phi) is 3.47. The molecule has 0 bridgehead atoms. The highest BCUT2D eigenvalue weighted by atomic mass is 79.9. The molecule has 0 unspecified atom stereocenters. The summed E-state index contributed by atoms with van der Waals surface area (Å²) in [5.74, 6) is 0.825. The molecule has 2 heterocycles. The van der Waals surface area contributed by atoms with E-state index in [1.54, 1.807) is 24.4 Å². The molecule has 2 aromatic heterocycles. The van der Waals surface area contributed by atoms with Crippen LogP contribution in [0.15, 0.2) is 33.5 Å². The van der Waals surface area contributed by atoms with Gasteiger partial charge >= 0.3 is 0 Å². The number of halogens is 2. The average Bonchev–Trinajstić information content (AvgIpc) is 2.64. The third-order valence-corrected chi connectivity index (χ3v) is 2.96. The van der Waals surface area contributed by atoms with Crippen LogP contribution in [0.5, 0.6) is 0 Å². The predicted molar refractivity (Wildman–Crippen MR) is 67.4 cm³/mol. The molecule has 0 aliphatic rings. The fourth-order valence-corrected chi connectivity index (χ4v) is 1.90. The second-order valence-corrected chi connectivity index (χ2v) is 4.73. The van der Waals surface area contributed by atoms with Crippen LogP contribution in [-0.2, 0) is 6.54 Å². The molecule has 2 aromatic rings. The van der Waals surface area contributed by atoms with Gasteiger partial charge < -0.3 is 9.32 Å². The van der Waals surface area contributed by atoms with Crippen molar-refractivity contribution in [1.29, 1.82) is 0 Å². The Hall–Kier alpha value is -1.36. The van der Waals surface area contributed by atoms with Gasteiger partial charge in [0.15, 0.2) is 11.6 Å². The van der Waals surface area contributed by atoms with E-state index in [0.717, 1.165) is 11.3 Å². The maximum absolute atomic E-state index is 13.7. The average molecular weight is 299 g/mol. The number of hydrogen-bond acceptors (Lipinski definition) is 3. The number of furan rings is 1. The molecule has 0 aliphatic carbocycles. The standard InChI is InChI=1S/C12H12BrFN2O/c1-8-9(3-4-17-8)7-16(2)12-11(14)5-10(13)6-15-12/h3-6H,7H2,1-2H3. The highest BCUT2D eigenvalue weighted by Gasteiger charge is 2.12. The Morgan fingerprint density at radius 1 is 1.53 bits per heavy atom. The molecule has 17 heavy (non-hydrogen) atoms. The van der Waals surface area contributed by atoms with Gasteiger partial charge in [0, 0.05) is 29.8 Å². The molecular formula is C12H12BrFN2O. The highest BCUT2D eigenvalue weighted by Crippen LogP contribution is 2.21. The van der Waals surface area contributed by atoms with Crippen LogP contribution in [0, 0.1) is 12.7 Å². The number of pyridine rings is 1. The van der Waals surface area contributed by atoms with Gasteiger partial charge in [-0.25, -0.2) is 9.37 Å². The van der Waals surface area contributed by atoms with E-state index in [9.17, 15) is 4.39 Å². The minimum atomic E-state index is -0.344. The van der Waals surface area contributed by atoms with Crippen molar-refractivity contribution >= 4 is 21.7 Å². The van der Waals surface area contributed by atoms with Crippen molar-refractivity contribution in [2.24, 2.45) is 0 Å². The third kappa shape index (κ3) is 2.66. The number of nitrogens with zero attached hydrogens (tertiary/aromatic N) is 2. The van der Waals surface area contributed by atoms with E-state index in [0.29, 0.717) is 16.8 Å². The van der Waals surface area contributed by atoms with Crippen molar-refractivity contribution in [3.8, 4) is 0 Å². The van der Waals surface area contributed by atoms with Gasteiger partial charge in [-0.05, 0) is 35.0 Å². The minimum absolute atomic E-state index is 0.328. The Balaban J connectivity index is 2.20. The highest BCUT2D eigenvalue weighted by molar-refractivity contribution is 9.10. The molecule has 5 heteroatoms. The number of aromatic nitrogens is 1. The zero-order chi connectivity index (χ0) is 12.4. The molecule has 90 valence electrons. The van der Waals surface area contributed by atoms with Gasteiger partial charge in [-0.1, -0.05) is 0 Å². The summed E-state index contributed by atoms with van der Waals surface area (Å²) < 4.78 is 19.5. The number of aryl methyl sites for hydroxylation is 1. The Morgan fingerprint density at radius 3 is 2.88 bits per heavy atom. The van der Waals surface area contributed by atoms with E-state index in [1.165, 1.54) is 6.07 Å². The first-order valence-electron chi connectivity index (χ1n) is 5.13. The molecule has 0 radical (unpaired) electrons. The normalized spacial score (nSPS) is 10.6. The monoisotopic (exact) mass is 298 g/mol. The zero-order valence-corrected chi connectivity index (χ0v) is 11.2. The van der Waals surface area contributed by atoms with Crippen molar-refractivity contribution in [3.05, 3.63) is 46.2 Å². The topological polar surface area (TPSA) is 29.3 Å². The fourth-order valence-electron chi connectivity index (χ4n) is 1.59. The second-order valence-electron chi connectivity index (χ2n) is 3.82. The van der Waals surface area contributed by atoms with Crippen LogP contribution in [0.3, 0.4) is 0 Å². The van der Waals surface area contributed by atoms with Crippen molar-refractivity contribution in [1.82, 2.24) is 4.98 Å². The van der Waals surface area contributed by atoms with Gasteiger partial charge in [-0.15, -0.1) is 0 Å². The van der Waals surface area contributed by atoms with Gasteiger partial charge in [0.1, 0.15) is 5.76 Å². The molecule has 0 N–H and O–H groups in total. The molecule has 3 nitrogen and oxygen atoms in total. The van der Waals surface area contributed by atoms with Gasteiger partial charge in [-0.2, -0.15) is 0 Å². The van der Waals surface area contributed by atoms with Gasteiger partial charge in [-0.3, -0.25) is 0 Å². The maximum atomic E-state index is 13.7.